The number of hydrogen-bond acceptors (Lipinski definition) is 6. The quantitative estimate of drug-likeness (QED) is 0.897. The van der Waals surface area contributed by atoms with Crippen LogP contribution in [-0.2, 0) is 4.74 Å². The number of ether oxygens (including phenoxy) is 1. The molecule has 1 N–H and O–H groups in total. The number of carbonyl (C=O) groups excluding carboxylic acids is 1. The number of amides is 1. The zero-order chi connectivity index (χ0) is 17.8. The van der Waals surface area contributed by atoms with Crippen LogP contribution in [0.2, 0.25) is 0 Å². The Kier molecular flexibility index (Phi) is 5.33. The zero-order valence-electron chi connectivity index (χ0n) is 14.9. The fourth-order valence-electron chi connectivity index (χ4n) is 3.16. The van der Waals surface area contributed by atoms with Crippen molar-refractivity contribution < 1.29 is 14.1 Å². The smallest absolute Gasteiger partial charge is 0.270 e. The average Bonchev–Trinajstić information content (AvgIpc) is 2.99. The summed E-state index contributed by atoms with van der Waals surface area (Å²) in [4.78, 5) is 19.1. The van der Waals surface area contributed by atoms with Gasteiger partial charge in [0.1, 0.15) is 11.5 Å². The van der Waals surface area contributed by atoms with E-state index >= 15 is 0 Å². The molecule has 1 atom stereocenters. The van der Waals surface area contributed by atoms with Gasteiger partial charge in [-0.2, -0.15) is 0 Å². The maximum absolute atomic E-state index is 12.7. The van der Waals surface area contributed by atoms with Crippen molar-refractivity contribution in [3.8, 4) is 0 Å². The van der Waals surface area contributed by atoms with Crippen molar-refractivity contribution in [3.05, 3.63) is 41.0 Å². The Balaban J connectivity index is 1.76. The molecule has 3 rings (SSSR count). The molecule has 0 saturated carbocycles. The van der Waals surface area contributed by atoms with Crippen LogP contribution in [0.3, 0.4) is 0 Å². The maximum atomic E-state index is 12.7. The topological polar surface area (TPSA) is 80.5 Å². The van der Waals surface area contributed by atoms with Gasteiger partial charge in [-0.05, 0) is 32.4 Å². The van der Waals surface area contributed by atoms with Gasteiger partial charge in [0.2, 0.25) is 0 Å². The van der Waals surface area contributed by atoms with E-state index in [9.17, 15) is 4.79 Å². The van der Waals surface area contributed by atoms with Crippen molar-refractivity contribution >= 4 is 11.6 Å². The van der Waals surface area contributed by atoms with E-state index in [0.29, 0.717) is 18.9 Å². The Labute approximate surface area is 147 Å². The molecule has 0 aromatic carbocycles. The molecule has 2 aromatic heterocycles. The molecule has 1 aliphatic heterocycles. The van der Waals surface area contributed by atoms with Gasteiger partial charge in [-0.3, -0.25) is 9.78 Å². The van der Waals surface area contributed by atoms with Gasteiger partial charge < -0.3 is 19.5 Å². The first kappa shape index (κ1) is 17.4. The normalized spacial score (nSPS) is 15.9. The Morgan fingerprint density at radius 2 is 2.12 bits per heavy atom. The third-order valence-electron chi connectivity index (χ3n) is 4.50. The van der Waals surface area contributed by atoms with E-state index in [0.717, 1.165) is 42.2 Å². The van der Waals surface area contributed by atoms with Crippen LogP contribution in [-0.4, -0.2) is 42.4 Å². The lowest BCUT2D eigenvalue weighted by Crippen LogP contribution is -2.36. The fraction of sp³-hybridized carbons (Fsp3) is 0.500. The van der Waals surface area contributed by atoms with E-state index in [1.54, 1.807) is 6.20 Å². The summed E-state index contributed by atoms with van der Waals surface area (Å²) in [6, 6.07) is 3.61. The molecule has 7 heteroatoms. The molecule has 3 heterocycles. The summed E-state index contributed by atoms with van der Waals surface area (Å²) in [5.41, 5.74) is 3.16. The van der Waals surface area contributed by atoms with Gasteiger partial charge in [0.05, 0.1) is 24.9 Å². The first-order chi connectivity index (χ1) is 12.1. The first-order valence-electron chi connectivity index (χ1n) is 8.62. The highest BCUT2D eigenvalue weighted by atomic mass is 16.5. The minimum Gasteiger partial charge on any atom is -0.378 e. The number of pyridine rings is 1. The molecule has 0 radical (unpaired) electrons. The van der Waals surface area contributed by atoms with Gasteiger partial charge in [0.15, 0.2) is 0 Å². The summed E-state index contributed by atoms with van der Waals surface area (Å²) in [5, 5.41) is 7.03. The van der Waals surface area contributed by atoms with Crippen molar-refractivity contribution in [1.82, 2.24) is 15.5 Å². The second-order valence-corrected chi connectivity index (χ2v) is 6.17. The number of morpholine rings is 1. The summed E-state index contributed by atoms with van der Waals surface area (Å²) < 4.78 is 10.6. The minimum absolute atomic E-state index is 0.146. The molecule has 0 aliphatic carbocycles. The van der Waals surface area contributed by atoms with E-state index in [2.05, 4.69) is 20.4 Å². The van der Waals surface area contributed by atoms with E-state index in [1.165, 1.54) is 0 Å². The van der Waals surface area contributed by atoms with Crippen molar-refractivity contribution in [3.63, 3.8) is 0 Å². The maximum Gasteiger partial charge on any atom is 0.270 e. The fourth-order valence-corrected chi connectivity index (χ4v) is 3.16. The Morgan fingerprint density at radius 1 is 1.36 bits per heavy atom. The highest BCUT2D eigenvalue weighted by Crippen LogP contribution is 2.24. The van der Waals surface area contributed by atoms with Crippen LogP contribution in [0.1, 0.15) is 46.9 Å². The summed E-state index contributed by atoms with van der Waals surface area (Å²) in [6.45, 7) is 8.82. The number of nitrogens with one attached hydrogen (secondary N) is 1. The third-order valence-corrected chi connectivity index (χ3v) is 4.50. The molecule has 2 aromatic rings. The third kappa shape index (κ3) is 3.82. The highest BCUT2D eigenvalue weighted by molar-refractivity contribution is 5.93. The molecule has 1 aliphatic rings. The predicted octanol–water partition coefficient (Wildman–Crippen LogP) is 2.40. The molecular weight excluding hydrogens is 320 g/mol. The van der Waals surface area contributed by atoms with Crippen molar-refractivity contribution in [2.45, 2.75) is 33.2 Å². The first-order valence-corrected chi connectivity index (χ1v) is 8.62. The van der Waals surface area contributed by atoms with E-state index in [4.69, 9.17) is 9.26 Å². The largest absolute Gasteiger partial charge is 0.378 e. The van der Waals surface area contributed by atoms with Gasteiger partial charge in [-0.15, -0.1) is 0 Å². The second-order valence-electron chi connectivity index (χ2n) is 6.17. The summed E-state index contributed by atoms with van der Waals surface area (Å²) in [5.74, 6) is 0.543. The highest BCUT2D eigenvalue weighted by Gasteiger charge is 2.22. The summed E-state index contributed by atoms with van der Waals surface area (Å²) in [7, 11) is 0. The lowest BCUT2D eigenvalue weighted by atomic mass is 10.0. The monoisotopic (exact) mass is 344 g/mol. The van der Waals surface area contributed by atoms with Crippen LogP contribution in [0.25, 0.3) is 0 Å². The van der Waals surface area contributed by atoms with Gasteiger partial charge in [0.25, 0.3) is 5.91 Å². The molecule has 1 unspecified atom stereocenters. The van der Waals surface area contributed by atoms with Crippen LogP contribution in [0.5, 0.6) is 0 Å². The predicted molar refractivity (Wildman–Crippen MR) is 93.7 cm³/mol. The van der Waals surface area contributed by atoms with Crippen molar-refractivity contribution in [2.24, 2.45) is 0 Å². The zero-order valence-corrected chi connectivity index (χ0v) is 14.9. The van der Waals surface area contributed by atoms with Crippen LogP contribution < -0.4 is 10.2 Å². The minimum atomic E-state index is -0.193. The summed E-state index contributed by atoms with van der Waals surface area (Å²) >= 11 is 0. The molecule has 1 fully saturated rings. The lowest BCUT2D eigenvalue weighted by Gasteiger charge is -2.29. The summed E-state index contributed by atoms with van der Waals surface area (Å²) in [6.07, 6.45) is 2.42. The molecular formula is C18H24N4O3. The number of anilines is 1. The van der Waals surface area contributed by atoms with Gasteiger partial charge in [0, 0.05) is 30.5 Å². The average molecular weight is 344 g/mol. The van der Waals surface area contributed by atoms with Gasteiger partial charge in [-0.1, -0.05) is 12.1 Å². The molecule has 0 spiro atoms. The molecule has 25 heavy (non-hydrogen) atoms. The Hall–Kier alpha value is -2.41. The van der Waals surface area contributed by atoms with Crippen molar-refractivity contribution in [2.75, 3.05) is 31.2 Å². The SMILES string of the molecule is CCC(NC(=O)c1cc(N2CCOCC2)ccn1)c1c(C)noc1C. The number of aryl methyl sites for hydroxylation is 2. The van der Waals surface area contributed by atoms with Crippen LogP contribution in [0, 0.1) is 13.8 Å². The molecule has 0 bridgehead atoms. The number of carbonyl (C=O) groups is 1. The van der Waals surface area contributed by atoms with Gasteiger partial charge in [-0.25, -0.2) is 0 Å². The van der Waals surface area contributed by atoms with E-state index in [-0.39, 0.29) is 11.9 Å². The van der Waals surface area contributed by atoms with Crippen molar-refractivity contribution in [1.29, 1.82) is 0 Å². The number of aromatic nitrogens is 2. The Bertz CT molecular complexity index is 718. The number of hydrogen-bond donors (Lipinski definition) is 1. The molecule has 1 amide bonds. The molecule has 1 saturated heterocycles. The van der Waals surface area contributed by atoms with E-state index in [1.807, 2.05) is 32.9 Å². The van der Waals surface area contributed by atoms with Crippen LogP contribution >= 0.6 is 0 Å². The Morgan fingerprint density at radius 3 is 2.76 bits per heavy atom. The number of nitrogens with zero attached hydrogens (tertiary/aromatic N) is 3. The molecule has 7 nitrogen and oxygen atoms in total. The van der Waals surface area contributed by atoms with Gasteiger partial charge >= 0.3 is 0 Å². The molecule has 134 valence electrons. The second kappa shape index (κ2) is 7.65. The standard InChI is InChI=1S/C18H24N4O3/c1-4-15(17-12(2)21-25-13(17)3)20-18(23)16-11-14(5-6-19-16)22-7-9-24-10-8-22/h5-6,11,15H,4,7-10H2,1-3H3,(H,20,23). The van der Waals surface area contributed by atoms with Crippen LogP contribution in [0.15, 0.2) is 22.9 Å². The van der Waals surface area contributed by atoms with Crippen LogP contribution in [0.4, 0.5) is 5.69 Å². The lowest BCUT2D eigenvalue weighted by molar-refractivity contribution is 0.0930. The number of rotatable bonds is 5. The van der Waals surface area contributed by atoms with E-state index < -0.39 is 0 Å².